The number of fused-ring (bicyclic) bond motifs is 1. The van der Waals surface area contributed by atoms with E-state index in [4.69, 9.17) is 0 Å². The van der Waals surface area contributed by atoms with Crippen LogP contribution in [-0.4, -0.2) is 10.2 Å². The summed E-state index contributed by atoms with van der Waals surface area (Å²) in [7, 11) is 0. The van der Waals surface area contributed by atoms with Crippen molar-refractivity contribution in [2.75, 3.05) is 0 Å². The summed E-state index contributed by atoms with van der Waals surface area (Å²) >= 11 is 0. The Morgan fingerprint density at radius 2 is 1.94 bits per heavy atom. The van der Waals surface area contributed by atoms with E-state index in [2.05, 4.69) is 19.9 Å². The molecule has 0 amide bonds. The number of aliphatic hydroxyl groups is 2. The normalized spacial score (nSPS) is 24.2. The van der Waals surface area contributed by atoms with Crippen LogP contribution in [0.25, 0.3) is 0 Å². The molecule has 2 heteroatoms. The van der Waals surface area contributed by atoms with Crippen molar-refractivity contribution in [2.24, 2.45) is 5.92 Å². The van der Waals surface area contributed by atoms with Crippen LogP contribution in [0.15, 0.2) is 12.1 Å². The van der Waals surface area contributed by atoms with Gasteiger partial charge in [-0.05, 0) is 46.9 Å². The third-order valence-electron chi connectivity index (χ3n) is 3.69. The van der Waals surface area contributed by atoms with Crippen LogP contribution in [0.1, 0.15) is 48.4 Å². The van der Waals surface area contributed by atoms with E-state index in [0.717, 1.165) is 17.5 Å². The zero-order valence-corrected chi connectivity index (χ0v) is 10.0. The molecule has 2 nitrogen and oxygen atoms in total. The monoisotopic (exact) mass is 220 g/mol. The lowest BCUT2D eigenvalue weighted by atomic mass is 9.75. The minimum atomic E-state index is 0.0193. The first-order valence-electron chi connectivity index (χ1n) is 6.02. The van der Waals surface area contributed by atoms with Crippen LogP contribution in [-0.2, 0) is 19.6 Å². The molecule has 1 aromatic carbocycles. The quantitative estimate of drug-likeness (QED) is 0.803. The number of hydrogen-bond acceptors (Lipinski definition) is 2. The van der Waals surface area contributed by atoms with Gasteiger partial charge in [0, 0.05) is 0 Å². The largest absolute Gasteiger partial charge is 0.392 e. The highest BCUT2D eigenvalue weighted by atomic mass is 16.3. The molecule has 0 radical (unpaired) electrons. The number of hydrogen-bond donors (Lipinski definition) is 2. The lowest BCUT2D eigenvalue weighted by molar-refractivity contribution is 0.257. The molecule has 2 atom stereocenters. The molecule has 1 aliphatic rings. The van der Waals surface area contributed by atoms with Gasteiger partial charge in [0.1, 0.15) is 0 Å². The van der Waals surface area contributed by atoms with Crippen molar-refractivity contribution < 1.29 is 10.2 Å². The van der Waals surface area contributed by atoms with E-state index in [-0.39, 0.29) is 13.2 Å². The van der Waals surface area contributed by atoms with Gasteiger partial charge in [0.15, 0.2) is 0 Å². The van der Waals surface area contributed by atoms with E-state index in [0.29, 0.717) is 11.8 Å². The van der Waals surface area contributed by atoms with Crippen LogP contribution < -0.4 is 0 Å². The Hall–Kier alpha value is -0.860. The first kappa shape index (κ1) is 11.6. The fourth-order valence-corrected chi connectivity index (χ4v) is 3.07. The molecular weight excluding hydrogens is 200 g/mol. The summed E-state index contributed by atoms with van der Waals surface area (Å²) in [6, 6.07) is 4.07. The minimum Gasteiger partial charge on any atom is -0.392 e. The van der Waals surface area contributed by atoms with Crippen LogP contribution in [0.3, 0.4) is 0 Å². The summed E-state index contributed by atoms with van der Waals surface area (Å²) in [6.45, 7) is 4.55. The van der Waals surface area contributed by atoms with Crippen LogP contribution in [0.5, 0.6) is 0 Å². The Labute approximate surface area is 96.9 Å². The topological polar surface area (TPSA) is 40.5 Å². The van der Waals surface area contributed by atoms with Crippen molar-refractivity contribution in [3.63, 3.8) is 0 Å². The molecule has 0 aliphatic heterocycles. The molecule has 0 heterocycles. The Morgan fingerprint density at radius 3 is 2.56 bits per heavy atom. The summed E-state index contributed by atoms with van der Waals surface area (Å²) < 4.78 is 0. The maximum atomic E-state index is 9.48. The van der Waals surface area contributed by atoms with Gasteiger partial charge in [-0.1, -0.05) is 26.0 Å². The van der Waals surface area contributed by atoms with Crippen molar-refractivity contribution in [1.82, 2.24) is 0 Å². The maximum absolute atomic E-state index is 9.48. The molecular formula is C14H20O2. The van der Waals surface area contributed by atoms with Gasteiger partial charge in [0.2, 0.25) is 0 Å². The molecule has 0 fully saturated rings. The second-order valence-electron chi connectivity index (χ2n) is 5.04. The van der Waals surface area contributed by atoms with Gasteiger partial charge in [-0.25, -0.2) is 0 Å². The van der Waals surface area contributed by atoms with Crippen molar-refractivity contribution in [2.45, 2.75) is 45.8 Å². The molecule has 2 rings (SSSR count). The third kappa shape index (κ3) is 1.87. The second kappa shape index (κ2) is 4.56. The predicted molar refractivity (Wildman–Crippen MR) is 64.2 cm³/mol. The summed E-state index contributed by atoms with van der Waals surface area (Å²) in [5, 5.41) is 18.8. The summed E-state index contributed by atoms with van der Waals surface area (Å²) in [5.74, 6) is 1.21. The van der Waals surface area contributed by atoms with Gasteiger partial charge >= 0.3 is 0 Å². The number of rotatable bonds is 2. The van der Waals surface area contributed by atoms with Crippen LogP contribution in [0.2, 0.25) is 0 Å². The molecule has 0 saturated carbocycles. The van der Waals surface area contributed by atoms with Gasteiger partial charge in [-0.2, -0.15) is 0 Å². The molecule has 0 spiro atoms. The minimum absolute atomic E-state index is 0.0193. The standard InChI is InChI=1S/C14H20O2/c1-9-5-10(2)14-11(6-9)3-4-12(7-15)13(14)8-16/h3-4,9-10,15-16H,5-8H2,1-2H3/t9-,10+/m0/s1. The van der Waals surface area contributed by atoms with Crippen molar-refractivity contribution >= 4 is 0 Å². The van der Waals surface area contributed by atoms with E-state index in [1.807, 2.05) is 6.07 Å². The highest BCUT2D eigenvalue weighted by Gasteiger charge is 2.24. The number of benzene rings is 1. The van der Waals surface area contributed by atoms with Crippen LogP contribution in [0, 0.1) is 5.92 Å². The molecule has 0 aromatic heterocycles. The van der Waals surface area contributed by atoms with E-state index < -0.39 is 0 Å². The molecule has 0 saturated heterocycles. The predicted octanol–water partition coefficient (Wildman–Crippen LogP) is 2.36. The third-order valence-corrected chi connectivity index (χ3v) is 3.69. The SMILES string of the molecule is C[C@@H]1Cc2ccc(CO)c(CO)c2[C@H](C)C1. The summed E-state index contributed by atoms with van der Waals surface area (Å²) in [4.78, 5) is 0. The Balaban J connectivity index is 2.54. The summed E-state index contributed by atoms with van der Waals surface area (Å²) in [6.07, 6.45) is 2.27. The highest BCUT2D eigenvalue weighted by molar-refractivity contribution is 5.44. The van der Waals surface area contributed by atoms with Gasteiger partial charge in [-0.15, -0.1) is 0 Å². The number of aliphatic hydroxyl groups excluding tert-OH is 2. The second-order valence-corrected chi connectivity index (χ2v) is 5.04. The molecule has 0 unspecified atom stereocenters. The van der Waals surface area contributed by atoms with Crippen molar-refractivity contribution in [3.05, 3.63) is 34.4 Å². The van der Waals surface area contributed by atoms with E-state index >= 15 is 0 Å². The van der Waals surface area contributed by atoms with Crippen molar-refractivity contribution in [3.8, 4) is 0 Å². The molecule has 2 N–H and O–H groups in total. The van der Waals surface area contributed by atoms with Crippen LogP contribution in [0.4, 0.5) is 0 Å². The van der Waals surface area contributed by atoms with Crippen molar-refractivity contribution in [1.29, 1.82) is 0 Å². The summed E-state index contributed by atoms with van der Waals surface area (Å²) in [5.41, 5.74) is 4.47. The Bertz CT molecular complexity index is 385. The lowest BCUT2D eigenvalue weighted by Gasteiger charge is -2.30. The zero-order valence-electron chi connectivity index (χ0n) is 10.0. The first-order valence-corrected chi connectivity index (χ1v) is 6.02. The maximum Gasteiger partial charge on any atom is 0.0688 e. The van der Waals surface area contributed by atoms with Gasteiger partial charge < -0.3 is 10.2 Å². The highest BCUT2D eigenvalue weighted by Crippen LogP contribution is 2.37. The van der Waals surface area contributed by atoms with Gasteiger partial charge in [-0.3, -0.25) is 0 Å². The average Bonchev–Trinajstić information content (AvgIpc) is 2.27. The lowest BCUT2D eigenvalue weighted by Crippen LogP contribution is -2.18. The van der Waals surface area contributed by atoms with E-state index in [9.17, 15) is 10.2 Å². The van der Waals surface area contributed by atoms with Gasteiger partial charge in [0.25, 0.3) is 0 Å². The molecule has 0 bridgehead atoms. The van der Waals surface area contributed by atoms with Gasteiger partial charge in [0.05, 0.1) is 13.2 Å². The smallest absolute Gasteiger partial charge is 0.0688 e. The zero-order chi connectivity index (χ0) is 11.7. The molecule has 1 aromatic rings. The Morgan fingerprint density at radius 1 is 1.19 bits per heavy atom. The fourth-order valence-electron chi connectivity index (χ4n) is 3.07. The first-order chi connectivity index (χ1) is 7.67. The fraction of sp³-hybridized carbons (Fsp3) is 0.571. The van der Waals surface area contributed by atoms with E-state index in [1.54, 1.807) is 0 Å². The molecule has 16 heavy (non-hydrogen) atoms. The average molecular weight is 220 g/mol. The van der Waals surface area contributed by atoms with E-state index in [1.165, 1.54) is 17.5 Å². The molecule has 88 valence electrons. The molecule has 1 aliphatic carbocycles. The Kier molecular flexibility index (Phi) is 3.31. The van der Waals surface area contributed by atoms with Crippen LogP contribution >= 0.6 is 0 Å².